The summed E-state index contributed by atoms with van der Waals surface area (Å²) in [6.45, 7) is 7.02. The van der Waals surface area contributed by atoms with Crippen molar-refractivity contribution in [1.29, 1.82) is 0 Å². The second-order valence-electron chi connectivity index (χ2n) is 6.70. The van der Waals surface area contributed by atoms with E-state index >= 15 is 0 Å². The average molecular weight is 348 g/mol. The number of aromatic nitrogens is 2. The number of fused-ring (bicyclic) bond motifs is 1. The number of rotatable bonds is 4. The Bertz CT molecular complexity index is 895. The maximum Gasteiger partial charge on any atom is 0.244 e. The molecule has 0 unspecified atom stereocenters. The molecule has 1 saturated heterocycles. The molecule has 5 nitrogen and oxygen atoms in total. The highest BCUT2D eigenvalue weighted by atomic mass is 16.2. The fourth-order valence-electron chi connectivity index (χ4n) is 3.60. The van der Waals surface area contributed by atoms with Gasteiger partial charge in [-0.1, -0.05) is 55.5 Å². The zero-order valence-corrected chi connectivity index (χ0v) is 15.1. The third-order valence-electron chi connectivity index (χ3n) is 5.16. The molecule has 5 heteroatoms. The molecule has 0 saturated carbocycles. The summed E-state index contributed by atoms with van der Waals surface area (Å²) in [4.78, 5) is 17.1. The number of hydrogen-bond acceptors (Lipinski definition) is 3. The number of piperazine rings is 1. The van der Waals surface area contributed by atoms with Crippen LogP contribution in [0.25, 0.3) is 22.2 Å². The Balaban J connectivity index is 1.60. The predicted molar refractivity (Wildman–Crippen MR) is 104 cm³/mol. The van der Waals surface area contributed by atoms with E-state index in [-0.39, 0.29) is 5.91 Å². The molecule has 0 N–H and O–H groups in total. The zero-order chi connectivity index (χ0) is 17.9. The third-order valence-corrected chi connectivity index (χ3v) is 5.16. The smallest absolute Gasteiger partial charge is 0.244 e. The highest BCUT2D eigenvalue weighted by molar-refractivity contribution is 5.94. The summed E-state index contributed by atoms with van der Waals surface area (Å²) in [5.41, 5.74) is 3.02. The normalized spacial score (nSPS) is 15.5. The number of hydrogen-bond donors (Lipinski definition) is 0. The van der Waals surface area contributed by atoms with Crippen LogP contribution < -0.4 is 0 Å². The molecule has 2 aromatic carbocycles. The summed E-state index contributed by atoms with van der Waals surface area (Å²) in [5.74, 6) is 0.147. The Morgan fingerprint density at radius 1 is 0.962 bits per heavy atom. The number of carbonyl (C=O) groups is 1. The molecule has 2 heterocycles. The first-order chi connectivity index (χ1) is 12.8. The summed E-state index contributed by atoms with van der Waals surface area (Å²) in [6.07, 6.45) is 0. The summed E-state index contributed by atoms with van der Waals surface area (Å²) < 4.78 is 1.85. The van der Waals surface area contributed by atoms with Crippen LogP contribution in [-0.2, 0) is 11.3 Å². The maximum absolute atomic E-state index is 12.8. The fraction of sp³-hybridized carbons (Fsp3) is 0.333. The highest BCUT2D eigenvalue weighted by Gasteiger charge is 2.22. The van der Waals surface area contributed by atoms with Crippen molar-refractivity contribution < 1.29 is 4.79 Å². The number of benzene rings is 2. The van der Waals surface area contributed by atoms with Crippen LogP contribution in [0.3, 0.4) is 0 Å². The molecule has 0 atom stereocenters. The lowest BCUT2D eigenvalue weighted by Gasteiger charge is -2.34. The molecular weight excluding hydrogens is 324 g/mol. The van der Waals surface area contributed by atoms with Gasteiger partial charge in [-0.25, -0.2) is 0 Å². The van der Waals surface area contributed by atoms with Gasteiger partial charge in [0.15, 0.2) is 0 Å². The lowest BCUT2D eigenvalue weighted by atomic mass is 10.1. The molecular formula is C21H24N4O. The topological polar surface area (TPSA) is 41.4 Å². The van der Waals surface area contributed by atoms with Crippen molar-refractivity contribution in [2.75, 3.05) is 32.7 Å². The van der Waals surface area contributed by atoms with E-state index in [0.29, 0.717) is 6.54 Å². The van der Waals surface area contributed by atoms with Crippen LogP contribution in [0, 0.1) is 0 Å². The Morgan fingerprint density at radius 3 is 2.38 bits per heavy atom. The SMILES string of the molecule is CCN1CCN(C(=O)Cn2nc(-c3ccccc3)c3ccccc32)CC1. The van der Waals surface area contributed by atoms with E-state index in [4.69, 9.17) is 5.10 Å². The van der Waals surface area contributed by atoms with E-state index in [0.717, 1.165) is 54.9 Å². The van der Waals surface area contributed by atoms with Crippen molar-refractivity contribution in [1.82, 2.24) is 19.6 Å². The van der Waals surface area contributed by atoms with Crippen molar-refractivity contribution in [3.05, 3.63) is 54.6 Å². The maximum atomic E-state index is 12.8. The van der Waals surface area contributed by atoms with Gasteiger partial charge in [-0.05, 0) is 12.6 Å². The van der Waals surface area contributed by atoms with Crippen LogP contribution in [-0.4, -0.2) is 58.2 Å². The van der Waals surface area contributed by atoms with Crippen LogP contribution in [0.1, 0.15) is 6.92 Å². The first-order valence-corrected chi connectivity index (χ1v) is 9.27. The van der Waals surface area contributed by atoms with Crippen LogP contribution >= 0.6 is 0 Å². The van der Waals surface area contributed by atoms with E-state index in [2.05, 4.69) is 30.0 Å². The first-order valence-electron chi connectivity index (χ1n) is 9.27. The van der Waals surface area contributed by atoms with E-state index in [1.54, 1.807) is 0 Å². The molecule has 134 valence electrons. The monoisotopic (exact) mass is 348 g/mol. The molecule has 1 aliphatic heterocycles. The lowest BCUT2D eigenvalue weighted by Crippen LogP contribution is -2.49. The van der Waals surface area contributed by atoms with Gasteiger partial charge in [-0.2, -0.15) is 5.10 Å². The van der Waals surface area contributed by atoms with Gasteiger partial charge in [-0.3, -0.25) is 9.48 Å². The first kappa shape index (κ1) is 16.8. The molecule has 0 bridgehead atoms. The van der Waals surface area contributed by atoms with Gasteiger partial charge in [0.05, 0.1) is 5.52 Å². The quantitative estimate of drug-likeness (QED) is 0.728. The molecule has 26 heavy (non-hydrogen) atoms. The van der Waals surface area contributed by atoms with E-state index in [1.807, 2.05) is 46.0 Å². The highest BCUT2D eigenvalue weighted by Crippen LogP contribution is 2.27. The van der Waals surface area contributed by atoms with Crippen molar-refractivity contribution >= 4 is 16.8 Å². The molecule has 0 radical (unpaired) electrons. The lowest BCUT2D eigenvalue weighted by molar-refractivity contribution is -0.133. The summed E-state index contributed by atoms with van der Waals surface area (Å²) in [7, 11) is 0. The van der Waals surface area contributed by atoms with Crippen LogP contribution in [0.4, 0.5) is 0 Å². The van der Waals surface area contributed by atoms with Gasteiger partial charge in [0.25, 0.3) is 0 Å². The number of amides is 1. The zero-order valence-electron chi connectivity index (χ0n) is 15.1. The third kappa shape index (κ3) is 3.22. The number of para-hydroxylation sites is 1. The molecule has 0 aliphatic carbocycles. The fourth-order valence-corrected chi connectivity index (χ4v) is 3.60. The van der Waals surface area contributed by atoms with Crippen LogP contribution in [0.5, 0.6) is 0 Å². The van der Waals surface area contributed by atoms with Crippen LogP contribution in [0.15, 0.2) is 54.6 Å². The van der Waals surface area contributed by atoms with E-state index in [9.17, 15) is 4.79 Å². The molecule has 1 amide bonds. The minimum absolute atomic E-state index is 0.147. The van der Waals surface area contributed by atoms with Gasteiger partial charge in [0.1, 0.15) is 12.2 Å². The van der Waals surface area contributed by atoms with Crippen molar-refractivity contribution in [3.8, 4) is 11.3 Å². The van der Waals surface area contributed by atoms with Gasteiger partial charge >= 0.3 is 0 Å². The average Bonchev–Trinajstić information content (AvgIpc) is 3.07. The Labute approximate surface area is 153 Å². The van der Waals surface area contributed by atoms with Crippen LogP contribution in [0.2, 0.25) is 0 Å². The number of likely N-dealkylation sites (N-methyl/N-ethyl adjacent to an activating group) is 1. The Hall–Kier alpha value is -2.66. The summed E-state index contributed by atoms with van der Waals surface area (Å²) in [6, 6.07) is 18.3. The molecule has 1 aliphatic rings. The minimum Gasteiger partial charge on any atom is -0.339 e. The largest absolute Gasteiger partial charge is 0.339 e. The standard InChI is InChI=1S/C21H24N4O/c1-2-23-12-14-24(15-13-23)20(26)16-25-19-11-7-6-10-18(19)21(22-25)17-8-4-3-5-9-17/h3-11H,2,12-16H2,1H3. The summed E-state index contributed by atoms with van der Waals surface area (Å²) in [5, 5.41) is 5.87. The van der Waals surface area contributed by atoms with Gasteiger partial charge < -0.3 is 9.80 Å². The van der Waals surface area contributed by atoms with E-state index in [1.165, 1.54) is 0 Å². The summed E-state index contributed by atoms with van der Waals surface area (Å²) >= 11 is 0. The van der Waals surface area contributed by atoms with E-state index < -0.39 is 0 Å². The second-order valence-corrected chi connectivity index (χ2v) is 6.70. The van der Waals surface area contributed by atoms with Crippen molar-refractivity contribution in [2.24, 2.45) is 0 Å². The number of nitrogens with zero attached hydrogens (tertiary/aromatic N) is 4. The molecule has 0 spiro atoms. The molecule has 1 aromatic heterocycles. The minimum atomic E-state index is 0.147. The van der Waals surface area contributed by atoms with Crippen molar-refractivity contribution in [3.63, 3.8) is 0 Å². The van der Waals surface area contributed by atoms with Crippen molar-refractivity contribution in [2.45, 2.75) is 13.5 Å². The Kier molecular flexibility index (Phi) is 4.71. The van der Waals surface area contributed by atoms with Gasteiger partial charge in [0.2, 0.25) is 5.91 Å². The molecule has 1 fully saturated rings. The molecule has 3 aromatic rings. The number of carbonyl (C=O) groups excluding carboxylic acids is 1. The Morgan fingerprint density at radius 2 is 1.65 bits per heavy atom. The second kappa shape index (κ2) is 7.30. The van der Waals surface area contributed by atoms with Gasteiger partial charge in [-0.15, -0.1) is 0 Å². The molecule has 4 rings (SSSR count). The predicted octanol–water partition coefficient (Wildman–Crippen LogP) is 2.87. The van der Waals surface area contributed by atoms with Gasteiger partial charge in [0, 0.05) is 37.1 Å².